The Kier molecular flexibility index (Phi) is 4.75. The molecule has 1 heterocycles. The fraction of sp³-hybridized carbons (Fsp3) is 0.467. The number of ether oxygens (including phenoxy) is 3. The first-order chi connectivity index (χ1) is 10.5. The molecule has 7 nitrogen and oxygen atoms in total. The Labute approximate surface area is 126 Å². The van der Waals surface area contributed by atoms with E-state index in [2.05, 4.69) is 16.1 Å². The molecular formula is C15H16O7. The average Bonchev–Trinajstić information content (AvgIpc) is 2.79. The summed E-state index contributed by atoms with van der Waals surface area (Å²) in [4.78, 5) is 46.3. The maximum absolute atomic E-state index is 12.1. The van der Waals surface area contributed by atoms with Crippen molar-refractivity contribution in [1.29, 1.82) is 0 Å². The minimum Gasteiger partial charge on any atom is -0.462 e. The summed E-state index contributed by atoms with van der Waals surface area (Å²) >= 11 is 0. The molecule has 2 aliphatic rings. The molecule has 2 rings (SSSR count). The monoisotopic (exact) mass is 308 g/mol. The zero-order valence-electron chi connectivity index (χ0n) is 12.0. The number of carbonyl (C=O) groups is 4. The third-order valence-corrected chi connectivity index (χ3v) is 3.72. The van der Waals surface area contributed by atoms with Crippen molar-refractivity contribution < 1.29 is 33.4 Å². The van der Waals surface area contributed by atoms with E-state index in [0.717, 1.165) is 6.08 Å². The zero-order chi connectivity index (χ0) is 16.3. The van der Waals surface area contributed by atoms with Gasteiger partial charge in [-0.25, -0.2) is 4.79 Å². The Balaban J connectivity index is 1.96. The number of hydrogen-bond donors (Lipinski definition) is 0. The Bertz CT molecular complexity index is 548. The lowest BCUT2D eigenvalue weighted by Gasteiger charge is -2.27. The van der Waals surface area contributed by atoms with Gasteiger partial charge in [0.1, 0.15) is 13.2 Å². The largest absolute Gasteiger partial charge is 0.462 e. The van der Waals surface area contributed by atoms with E-state index in [1.54, 1.807) is 19.1 Å². The van der Waals surface area contributed by atoms with Gasteiger partial charge in [-0.05, 0) is 5.92 Å². The number of fused-ring (bicyclic) bond motifs is 1. The molecule has 0 aromatic carbocycles. The minimum absolute atomic E-state index is 0.110. The molecular weight excluding hydrogens is 292 g/mol. The van der Waals surface area contributed by atoms with Crippen LogP contribution in [0, 0.1) is 23.7 Å². The Morgan fingerprint density at radius 1 is 1.18 bits per heavy atom. The highest BCUT2D eigenvalue weighted by molar-refractivity contribution is 5.99. The second-order valence-corrected chi connectivity index (χ2v) is 5.10. The molecule has 1 saturated heterocycles. The number of esters is 4. The summed E-state index contributed by atoms with van der Waals surface area (Å²) in [5.74, 6) is -5.14. The van der Waals surface area contributed by atoms with Crippen molar-refractivity contribution in [1.82, 2.24) is 0 Å². The number of allylic oxidation sites excluding steroid dienone is 1. The molecule has 1 fully saturated rings. The summed E-state index contributed by atoms with van der Waals surface area (Å²) in [6.07, 6.45) is 4.26. The molecule has 0 radical (unpaired) electrons. The fourth-order valence-electron chi connectivity index (χ4n) is 2.64. The van der Waals surface area contributed by atoms with E-state index < -0.39 is 41.6 Å². The van der Waals surface area contributed by atoms with Crippen LogP contribution in [0.4, 0.5) is 0 Å². The Hall–Kier alpha value is -2.44. The number of cyclic esters (lactones) is 2. The van der Waals surface area contributed by atoms with Crippen LogP contribution in [0.3, 0.4) is 0 Å². The Morgan fingerprint density at radius 3 is 2.50 bits per heavy atom. The van der Waals surface area contributed by atoms with Crippen LogP contribution in [0.25, 0.3) is 0 Å². The summed E-state index contributed by atoms with van der Waals surface area (Å²) in [6, 6.07) is 0. The van der Waals surface area contributed by atoms with Crippen molar-refractivity contribution in [2.45, 2.75) is 6.92 Å². The lowest BCUT2D eigenvalue weighted by Crippen LogP contribution is -2.37. The van der Waals surface area contributed by atoms with Crippen LogP contribution in [0.2, 0.25) is 0 Å². The number of rotatable bonds is 5. The number of hydrogen-bond acceptors (Lipinski definition) is 7. The summed E-state index contributed by atoms with van der Waals surface area (Å²) in [5, 5.41) is 0. The first-order valence-corrected chi connectivity index (χ1v) is 6.85. The van der Waals surface area contributed by atoms with Gasteiger partial charge in [-0.1, -0.05) is 25.7 Å². The second kappa shape index (κ2) is 6.55. The van der Waals surface area contributed by atoms with Gasteiger partial charge in [0, 0.05) is 6.08 Å². The van der Waals surface area contributed by atoms with Crippen molar-refractivity contribution in [2.24, 2.45) is 23.7 Å². The van der Waals surface area contributed by atoms with Crippen molar-refractivity contribution in [2.75, 3.05) is 13.2 Å². The minimum atomic E-state index is -0.866. The van der Waals surface area contributed by atoms with Gasteiger partial charge >= 0.3 is 23.9 Å². The quantitative estimate of drug-likeness (QED) is 0.181. The average molecular weight is 308 g/mol. The van der Waals surface area contributed by atoms with Crippen LogP contribution < -0.4 is 0 Å². The molecule has 0 saturated carbocycles. The molecule has 0 amide bonds. The van der Waals surface area contributed by atoms with E-state index in [9.17, 15) is 19.2 Å². The maximum Gasteiger partial charge on any atom is 0.330 e. The smallest absolute Gasteiger partial charge is 0.330 e. The van der Waals surface area contributed by atoms with Gasteiger partial charge in [0.15, 0.2) is 0 Å². The molecule has 1 aliphatic carbocycles. The normalized spacial score (nSPS) is 29.5. The first-order valence-electron chi connectivity index (χ1n) is 6.85. The molecule has 0 spiro atoms. The van der Waals surface area contributed by atoms with Gasteiger partial charge in [-0.3, -0.25) is 14.4 Å². The standard InChI is InChI=1S/C15H16O7/c1-3-10(16)20-6-7-21-13(17)9-5-4-8(2)11-12(9)15(19)22-14(11)18/h3-5,8-9,11-12H,1,6-7H2,2H3. The second-order valence-electron chi connectivity index (χ2n) is 5.10. The Morgan fingerprint density at radius 2 is 1.82 bits per heavy atom. The third kappa shape index (κ3) is 3.08. The number of carbonyl (C=O) groups excluding carboxylic acids is 4. The van der Waals surface area contributed by atoms with Crippen molar-refractivity contribution in [3.8, 4) is 0 Å². The van der Waals surface area contributed by atoms with Crippen LogP contribution in [-0.2, 0) is 33.4 Å². The molecule has 0 aromatic heterocycles. The third-order valence-electron chi connectivity index (χ3n) is 3.72. The van der Waals surface area contributed by atoms with E-state index >= 15 is 0 Å². The molecule has 0 aromatic rings. The van der Waals surface area contributed by atoms with E-state index in [1.807, 2.05) is 0 Å². The van der Waals surface area contributed by atoms with Crippen LogP contribution in [-0.4, -0.2) is 37.1 Å². The highest BCUT2D eigenvalue weighted by Crippen LogP contribution is 2.40. The molecule has 1 aliphatic heterocycles. The van der Waals surface area contributed by atoms with Crippen LogP contribution in [0.1, 0.15) is 6.92 Å². The van der Waals surface area contributed by atoms with Crippen molar-refractivity contribution in [3.63, 3.8) is 0 Å². The van der Waals surface area contributed by atoms with Crippen LogP contribution in [0.5, 0.6) is 0 Å². The predicted octanol–water partition coefficient (Wildman–Crippen LogP) is 0.397. The van der Waals surface area contributed by atoms with Gasteiger partial charge < -0.3 is 14.2 Å². The molecule has 4 atom stereocenters. The SMILES string of the molecule is C=CC(=O)OCCOC(=O)C1C=CC(C)C2C(=O)OC(=O)C12. The van der Waals surface area contributed by atoms with Crippen molar-refractivity contribution >= 4 is 23.9 Å². The maximum atomic E-state index is 12.1. The summed E-state index contributed by atoms with van der Waals surface area (Å²) < 4.78 is 14.3. The van der Waals surface area contributed by atoms with E-state index in [4.69, 9.17) is 4.74 Å². The van der Waals surface area contributed by atoms with Gasteiger partial charge in [-0.2, -0.15) is 0 Å². The molecule has 0 N–H and O–H groups in total. The van der Waals surface area contributed by atoms with Gasteiger partial charge in [0.2, 0.25) is 0 Å². The molecule has 118 valence electrons. The highest BCUT2D eigenvalue weighted by atomic mass is 16.6. The summed E-state index contributed by atoms with van der Waals surface area (Å²) in [5.41, 5.74) is 0. The predicted molar refractivity (Wildman–Crippen MR) is 72.0 cm³/mol. The molecule has 7 heteroatoms. The zero-order valence-corrected chi connectivity index (χ0v) is 12.0. The molecule has 22 heavy (non-hydrogen) atoms. The molecule has 4 unspecified atom stereocenters. The van der Waals surface area contributed by atoms with Gasteiger partial charge in [0.25, 0.3) is 0 Å². The topological polar surface area (TPSA) is 96.0 Å². The van der Waals surface area contributed by atoms with Crippen LogP contribution in [0.15, 0.2) is 24.8 Å². The lowest BCUT2D eigenvalue weighted by molar-refractivity contribution is -0.158. The van der Waals surface area contributed by atoms with Crippen molar-refractivity contribution in [3.05, 3.63) is 24.8 Å². The fourth-order valence-corrected chi connectivity index (χ4v) is 2.64. The lowest BCUT2D eigenvalue weighted by atomic mass is 9.72. The summed E-state index contributed by atoms with van der Waals surface area (Å²) in [7, 11) is 0. The first kappa shape index (κ1) is 15.9. The highest BCUT2D eigenvalue weighted by Gasteiger charge is 2.53. The molecule has 0 bridgehead atoms. The van der Waals surface area contributed by atoms with Gasteiger partial charge in [-0.15, -0.1) is 0 Å². The van der Waals surface area contributed by atoms with E-state index in [0.29, 0.717) is 0 Å². The van der Waals surface area contributed by atoms with E-state index in [1.165, 1.54) is 0 Å². The van der Waals surface area contributed by atoms with Gasteiger partial charge in [0.05, 0.1) is 17.8 Å². The van der Waals surface area contributed by atoms with E-state index in [-0.39, 0.29) is 19.1 Å². The summed E-state index contributed by atoms with van der Waals surface area (Å²) in [6.45, 7) is 4.76. The van der Waals surface area contributed by atoms with Crippen LogP contribution >= 0.6 is 0 Å².